The van der Waals surface area contributed by atoms with E-state index in [0.29, 0.717) is 17.7 Å². The Morgan fingerprint density at radius 1 is 1.19 bits per heavy atom. The van der Waals surface area contributed by atoms with Crippen LogP contribution in [0.1, 0.15) is 27.2 Å². The summed E-state index contributed by atoms with van der Waals surface area (Å²) < 4.78 is 40.7. The lowest BCUT2D eigenvalue weighted by molar-refractivity contribution is -0.113. The van der Waals surface area contributed by atoms with Crippen LogP contribution >= 0.6 is 11.3 Å². The number of nitrogens with one attached hydrogen (secondary N) is 1. The fraction of sp³-hybridized carbons (Fsp3) is 0.300. The molecule has 0 aliphatic heterocycles. The molecule has 0 unspecified atom stereocenters. The number of hydrogen-bond donors (Lipinski definition) is 1. The summed E-state index contributed by atoms with van der Waals surface area (Å²) in [7, 11) is -1.51. The number of rotatable bonds is 7. The van der Waals surface area contributed by atoms with Crippen molar-refractivity contribution in [1.29, 1.82) is 0 Å². The fourth-order valence-electron chi connectivity index (χ4n) is 3.47. The molecule has 10 nitrogen and oxygen atoms in total. The van der Waals surface area contributed by atoms with E-state index in [1.807, 2.05) is 0 Å². The molecule has 0 fully saturated rings. The summed E-state index contributed by atoms with van der Waals surface area (Å²) in [5, 5.41) is 9.48. The van der Waals surface area contributed by atoms with E-state index in [-0.39, 0.29) is 16.5 Å². The number of amides is 1. The molecule has 0 atom stereocenters. The number of carbonyl (C=O) groups excluding carboxylic acids is 2. The number of carbonyl (C=O) groups is 2. The fourth-order valence-corrected chi connectivity index (χ4v) is 5.68. The number of methoxy groups -OCH3 is 2. The third-order valence-corrected chi connectivity index (χ3v) is 7.44. The predicted molar refractivity (Wildman–Crippen MR) is 115 cm³/mol. The second kappa shape index (κ2) is 8.71. The van der Waals surface area contributed by atoms with E-state index in [4.69, 9.17) is 13.9 Å². The average molecular weight is 478 g/mol. The lowest BCUT2D eigenvalue weighted by Gasteiger charge is -2.06. The number of anilines is 1. The molecule has 0 radical (unpaired) electrons. The van der Waals surface area contributed by atoms with Crippen LogP contribution in [0.2, 0.25) is 0 Å². The zero-order valence-corrected chi connectivity index (χ0v) is 18.8. The van der Waals surface area contributed by atoms with Gasteiger partial charge in [0.15, 0.2) is 0 Å². The number of fused-ring (bicyclic) bond motifs is 1. The van der Waals surface area contributed by atoms with Gasteiger partial charge in [0.2, 0.25) is 15.7 Å². The molecular weight excluding hydrogens is 458 g/mol. The molecule has 0 bridgehead atoms. The molecule has 3 aromatic rings. The summed E-state index contributed by atoms with van der Waals surface area (Å²) in [5.74, 6) is -1.94. The number of hydrogen-bond acceptors (Lipinski definition) is 10. The molecule has 0 saturated carbocycles. The lowest BCUT2D eigenvalue weighted by Crippen LogP contribution is -2.24. The Morgan fingerprint density at radius 3 is 2.72 bits per heavy atom. The van der Waals surface area contributed by atoms with Crippen molar-refractivity contribution in [1.82, 2.24) is 10.2 Å². The van der Waals surface area contributed by atoms with Crippen LogP contribution < -0.4 is 10.1 Å². The third kappa shape index (κ3) is 4.10. The van der Waals surface area contributed by atoms with Gasteiger partial charge >= 0.3 is 11.2 Å². The monoisotopic (exact) mass is 477 g/mol. The van der Waals surface area contributed by atoms with E-state index in [1.54, 1.807) is 24.3 Å². The molecule has 4 rings (SSSR count). The van der Waals surface area contributed by atoms with E-state index in [9.17, 15) is 18.0 Å². The second-order valence-electron chi connectivity index (χ2n) is 6.93. The van der Waals surface area contributed by atoms with Crippen molar-refractivity contribution >= 4 is 38.1 Å². The Hall–Kier alpha value is -3.25. The molecule has 1 aromatic carbocycles. The Morgan fingerprint density at radius 2 is 1.97 bits per heavy atom. The Kier molecular flexibility index (Phi) is 5.98. The maximum absolute atomic E-state index is 12.7. The molecule has 12 heteroatoms. The van der Waals surface area contributed by atoms with Crippen molar-refractivity contribution in [3.63, 3.8) is 0 Å². The number of thiophene rings is 1. The van der Waals surface area contributed by atoms with Crippen molar-refractivity contribution in [3.8, 4) is 17.2 Å². The van der Waals surface area contributed by atoms with Crippen LogP contribution in [-0.4, -0.2) is 50.5 Å². The van der Waals surface area contributed by atoms with Crippen molar-refractivity contribution in [2.45, 2.75) is 24.5 Å². The SMILES string of the molecule is COC(=O)c1c(NC(=O)CS(=O)(=O)c2nnc(-c3ccccc3OC)o2)sc2c1CCC2. The Bertz CT molecular complexity index is 1290. The van der Waals surface area contributed by atoms with Gasteiger partial charge in [-0.3, -0.25) is 4.79 Å². The number of esters is 1. The largest absolute Gasteiger partial charge is 0.496 e. The first kappa shape index (κ1) is 22.0. The first-order valence-electron chi connectivity index (χ1n) is 9.56. The van der Waals surface area contributed by atoms with Gasteiger partial charge in [0.1, 0.15) is 16.5 Å². The zero-order chi connectivity index (χ0) is 22.9. The third-order valence-electron chi connectivity index (χ3n) is 4.89. The molecule has 1 aliphatic rings. The zero-order valence-electron chi connectivity index (χ0n) is 17.2. The van der Waals surface area contributed by atoms with Gasteiger partial charge in [0.05, 0.1) is 25.3 Å². The molecule has 1 N–H and O–H groups in total. The first-order chi connectivity index (χ1) is 15.3. The summed E-state index contributed by atoms with van der Waals surface area (Å²) in [5.41, 5.74) is 1.55. The minimum absolute atomic E-state index is 0.0518. The normalized spacial score (nSPS) is 12.9. The summed E-state index contributed by atoms with van der Waals surface area (Å²) in [4.78, 5) is 25.7. The Balaban J connectivity index is 1.53. The number of aromatic nitrogens is 2. The highest BCUT2D eigenvalue weighted by Crippen LogP contribution is 2.39. The maximum Gasteiger partial charge on any atom is 0.341 e. The minimum Gasteiger partial charge on any atom is -0.496 e. The van der Waals surface area contributed by atoms with Gasteiger partial charge in [0, 0.05) is 4.88 Å². The molecular formula is C20H19N3O7S2. The average Bonchev–Trinajstić information content (AvgIpc) is 3.49. The van der Waals surface area contributed by atoms with Crippen molar-refractivity contribution in [2.75, 3.05) is 25.3 Å². The highest BCUT2D eigenvalue weighted by atomic mass is 32.2. The molecule has 2 heterocycles. The molecule has 1 amide bonds. The number of ether oxygens (including phenoxy) is 2. The molecule has 0 spiro atoms. The van der Waals surface area contributed by atoms with Gasteiger partial charge in [-0.2, -0.15) is 0 Å². The summed E-state index contributed by atoms with van der Waals surface area (Å²) >= 11 is 1.26. The van der Waals surface area contributed by atoms with Gasteiger partial charge in [-0.1, -0.05) is 17.2 Å². The van der Waals surface area contributed by atoms with Crippen molar-refractivity contribution < 1.29 is 31.9 Å². The minimum atomic E-state index is -4.22. The van der Waals surface area contributed by atoms with Crippen molar-refractivity contribution in [3.05, 3.63) is 40.3 Å². The molecule has 1 aliphatic carbocycles. The van der Waals surface area contributed by atoms with Gasteiger partial charge in [-0.25, -0.2) is 13.2 Å². The van der Waals surface area contributed by atoms with Crippen LogP contribution in [0.4, 0.5) is 5.00 Å². The number of sulfone groups is 1. The lowest BCUT2D eigenvalue weighted by atomic mass is 10.1. The standard InChI is InChI=1S/C20H19N3O7S2/c1-28-13-8-4-3-6-11(13)17-22-23-20(30-17)32(26,27)10-15(24)21-18-16(19(25)29-2)12-7-5-9-14(12)31-18/h3-4,6,8H,5,7,9-10H2,1-2H3,(H,21,24). The van der Waals surface area contributed by atoms with Crippen LogP contribution in [0.15, 0.2) is 33.9 Å². The van der Waals surface area contributed by atoms with Gasteiger partial charge in [-0.05, 0) is 37.0 Å². The highest BCUT2D eigenvalue weighted by Gasteiger charge is 2.31. The van der Waals surface area contributed by atoms with Crippen LogP contribution in [-0.2, 0) is 32.2 Å². The molecule has 32 heavy (non-hydrogen) atoms. The van der Waals surface area contributed by atoms with Gasteiger partial charge in [-0.15, -0.1) is 16.4 Å². The van der Waals surface area contributed by atoms with Gasteiger partial charge in [0.25, 0.3) is 5.89 Å². The van der Waals surface area contributed by atoms with E-state index in [1.165, 1.54) is 25.6 Å². The molecule has 0 saturated heterocycles. The van der Waals surface area contributed by atoms with Crippen LogP contribution in [0.3, 0.4) is 0 Å². The number of nitrogens with zero attached hydrogens (tertiary/aromatic N) is 2. The Labute approximate surface area is 187 Å². The van der Waals surface area contributed by atoms with E-state index in [0.717, 1.165) is 23.3 Å². The summed E-state index contributed by atoms with van der Waals surface area (Å²) in [6, 6.07) is 6.75. The smallest absolute Gasteiger partial charge is 0.341 e. The topological polar surface area (TPSA) is 138 Å². The van der Waals surface area contributed by atoms with E-state index in [2.05, 4.69) is 15.5 Å². The summed E-state index contributed by atoms with van der Waals surface area (Å²) in [6.45, 7) is 0. The van der Waals surface area contributed by atoms with Crippen LogP contribution in [0, 0.1) is 0 Å². The quantitative estimate of drug-likeness (QED) is 0.509. The highest BCUT2D eigenvalue weighted by molar-refractivity contribution is 7.91. The van der Waals surface area contributed by atoms with E-state index >= 15 is 0 Å². The van der Waals surface area contributed by atoms with Crippen molar-refractivity contribution in [2.24, 2.45) is 0 Å². The first-order valence-corrected chi connectivity index (χ1v) is 12.0. The predicted octanol–water partition coefficient (Wildman–Crippen LogP) is 2.49. The summed E-state index contributed by atoms with van der Waals surface area (Å²) in [6.07, 6.45) is 2.42. The number of para-hydroxylation sites is 1. The van der Waals surface area contributed by atoms with E-state index < -0.39 is 32.7 Å². The van der Waals surface area contributed by atoms with Crippen LogP contribution in [0.5, 0.6) is 5.75 Å². The number of benzene rings is 1. The maximum atomic E-state index is 12.7. The van der Waals surface area contributed by atoms with Gasteiger partial charge < -0.3 is 19.2 Å². The number of aryl methyl sites for hydroxylation is 1. The van der Waals surface area contributed by atoms with Crippen LogP contribution in [0.25, 0.3) is 11.5 Å². The molecule has 168 valence electrons. The molecule has 2 aromatic heterocycles. The second-order valence-corrected chi connectivity index (χ2v) is 9.91.